The lowest BCUT2D eigenvalue weighted by Crippen LogP contribution is -2.21. The van der Waals surface area contributed by atoms with Crippen LogP contribution in [0, 0.1) is 5.92 Å². The number of Topliss-reactive ketones (excluding diaryl/α,β-unsaturated/α-hetero) is 1. The molecule has 72 valence electrons. The molecule has 0 fully saturated rings. The van der Waals surface area contributed by atoms with E-state index in [2.05, 4.69) is 9.72 Å². The zero-order valence-corrected chi connectivity index (χ0v) is 7.69. The van der Waals surface area contributed by atoms with E-state index in [1.165, 1.54) is 7.11 Å². The standard InChI is InChI=1S/C10H9NO3/c1-14-10(13)8-4-6-5-11-3-2-7(6)9(8)12/h2-3,5,8H,4H2,1H3. The SMILES string of the molecule is COC(=O)C1Cc2cnccc2C1=O. The first-order valence-corrected chi connectivity index (χ1v) is 4.29. The molecule has 1 aromatic rings. The summed E-state index contributed by atoms with van der Waals surface area (Å²) >= 11 is 0. The van der Waals surface area contributed by atoms with Gasteiger partial charge in [0.1, 0.15) is 5.92 Å². The summed E-state index contributed by atoms with van der Waals surface area (Å²) < 4.78 is 4.56. The van der Waals surface area contributed by atoms with Crippen molar-refractivity contribution in [3.63, 3.8) is 0 Å². The molecule has 1 atom stereocenters. The number of fused-ring (bicyclic) bond motifs is 1. The topological polar surface area (TPSA) is 56.3 Å². The van der Waals surface area contributed by atoms with Crippen LogP contribution >= 0.6 is 0 Å². The van der Waals surface area contributed by atoms with Crippen LogP contribution in [0.15, 0.2) is 18.5 Å². The number of carbonyl (C=O) groups excluding carboxylic acids is 2. The van der Waals surface area contributed by atoms with Gasteiger partial charge >= 0.3 is 5.97 Å². The van der Waals surface area contributed by atoms with Crippen LogP contribution in [0.3, 0.4) is 0 Å². The fraction of sp³-hybridized carbons (Fsp3) is 0.300. The predicted octanol–water partition coefficient (Wildman–Crippen LogP) is 0.610. The van der Waals surface area contributed by atoms with Crippen LogP contribution in [0.2, 0.25) is 0 Å². The molecular weight excluding hydrogens is 182 g/mol. The van der Waals surface area contributed by atoms with Gasteiger partial charge in [-0.3, -0.25) is 14.6 Å². The van der Waals surface area contributed by atoms with Crippen molar-refractivity contribution in [2.75, 3.05) is 7.11 Å². The minimum atomic E-state index is -0.667. The Bertz CT molecular complexity index is 400. The summed E-state index contributed by atoms with van der Waals surface area (Å²) in [7, 11) is 1.29. The summed E-state index contributed by atoms with van der Waals surface area (Å²) in [4.78, 5) is 26.8. The van der Waals surface area contributed by atoms with E-state index in [1.54, 1.807) is 18.5 Å². The van der Waals surface area contributed by atoms with Crippen molar-refractivity contribution >= 4 is 11.8 Å². The van der Waals surface area contributed by atoms with E-state index in [0.29, 0.717) is 12.0 Å². The predicted molar refractivity (Wildman–Crippen MR) is 47.8 cm³/mol. The lowest BCUT2D eigenvalue weighted by atomic mass is 10.1. The molecule has 0 radical (unpaired) electrons. The van der Waals surface area contributed by atoms with Crippen molar-refractivity contribution in [3.05, 3.63) is 29.6 Å². The zero-order chi connectivity index (χ0) is 10.1. The largest absolute Gasteiger partial charge is 0.468 e. The highest BCUT2D eigenvalue weighted by Crippen LogP contribution is 2.26. The van der Waals surface area contributed by atoms with E-state index >= 15 is 0 Å². The maximum atomic E-state index is 11.7. The summed E-state index contributed by atoms with van der Waals surface area (Å²) in [5, 5.41) is 0. The number of ether oxygens (including phenoxy) is 1. The monoisotopic (exact) mass is 191 g/mol. The molecular formula is C10H9NO3. The van der Waals surface area contributed by atoms with Crippen LogP contribution in [0.5, 0.6) is 0 Å². The van der Waals surface area contributed by atoms with E-state index in [0.717, 1.165) is 5.56 Å². The number of hydrogen-bond acceptors (Lipinski definition) is 4. The molecule has 0 amide bonds. The Morgan fingerprint density at radius 1 is 1.64 bits per heavy atom. The van der Waals surface area contributed by atoms with Gasteiger partial charge in [0.25, 0.3) is 0 Å². The number of carbonyl (C=O) groups is 2. The van der Waals surface area contributed by atoms with Gasteiger partial charge in [0.2, 0.25) is 0 Å². The Morgan fingerprint density at radius 3 is 3.07 bits per heavy atom. The van der Waals surface area contributed by atoms with E-state index < -0.39 is 11.9 Å². The van der Waals surface area contributed by atoms with Gasteiger partial charge in [0.15, 0.2) is 5.78 Å². The van der Waals surface area contributed by atoms with Gasteiger partial charge in [-0.1, -0.05) is 0 Å². The van der Waals surface area contributed by atoms with Crippen LogP contribution in [-0.4, -0.2) is 23.8 Å². The highest BCUT2D eigenvalue weighted by molar-refractivity contribution is 6.12. The zero-order valence-electron chi connectivity index (χ0n) is 7.69. The summed E-state index contributed by atoms with van der Waals surface area (Å²) in [5.74, 6) is -1.29. The van der Waals surface area contributed by atoms with Gasteiger partial charge in [-0.2, -0.15) is 0 Å². The normalized spacial score (nSPS) is 19.2. The van der Waals surface area contributed by atoms with Crippen molar-refractivity contribution in [2.24, 2.45) is 5.92 Å². The van der Waals surface area contributed by atoms with Crippen LogP contribution < -0.4 is 0 Å². The summed E-state index contributed by atoms with van der Waals surface area (Å²) in [6, 6.07) is 1.64. The molecule has 1 aliphatic rings. The van der Waals surface area contributed by atoms with Crippen LogP contribution in [0.25, 0.3) is 0 Å². The average Bonchev–Trinajstić information content (AvgIpc) is 2.56. The number of hydrogen-bond donors (Lipinski definition) is 0. The molecule has 0 bridgehead atoms. The molecule has 1 unspecified atom stereocenters. The molecule has 0 aromatic carbocycles. The number of methoxy groups -OCH3 is 1. The molecule has 2 rings (SSSR count). The Labute approximate surface area is 80.9 Å². The Kier molecular flexibility index (Phi) is 2.04. The molecule has 4 nitrogen and oxygen atoms in total. The lowest BCUT2D eigenvalue weighted by Gasteiger charge is -2.03. The van der Waals surface area contributed by atoms with E-state index in [4.69, 9.17) is 0 Å². The first-order valence-electron chi connectivity index (χ1n) is 4.29. The van der Waals surface area contributed by atoms with Crippen LogP contribution in [-0.2, 0) is 16.0 Å². The fourth-order valence-electron chi connectivity index (χ4n) is 1.66. The Balaban J connectivity index is 2.35. The minimum Gasteiger partial charge on any atom is -0.468 e. The van der Waals surface area contributed by atoms with E-state index in [1.807, 2.05) is 0 Å². The molecule has 0 aliphatic heterocycles. The van der Waals surface area contributed by atoms with Crippen LogP contribution in [0.4, 0.5) is 0 Å². The molecule has 0 saturated heterocycles. The Morgan fingerprint density at radius 2 is 2.43 bits per heavy atom. The molecule has 1 aromatic heterocycles. The quantitative estimate of drug-likeness (QED) is 0.482. The van der Waals surface area contributed by atoms with Crippen molar-refractivity contribution in [1.82, 2.24) is 4.98 Å². The average molecular weight is 191 g/mol. The number of ketones is 1. The fourth-order valence-corrected chi connectivity index (χ4v) is 1.66. The van der Waals surface area contributed by atoms with Gasteiger partial charge in [0, 0.05) is 18.0 Å². The molecule has 4 heteroatoms. The van der Waals surface area contributed by atoms with Gasteiger partial charge in [-0.25, -0.2) is 0 Å². The minimum absolute atomic E-state index is 0.158. The third kappa shape index (κ3) is 1.19. The summed E-state index contributed by atoms with van der Waals surface area (Å²) in [6.45, 7) is 0. The maximum absolute atomic E-state index is 11.7. The molecule has 0 spiro atoms. The van der Waals surface area contributed by atoms with E-state index in [-0.39, 0.29) is 5.78 Å². The first kappa shape index (κ1) is 8.87. The highest BCUT2D eigenvalue weighted by atomic mass is 16.5. The van der Waals surface area contributed by atoms with E-state index in [9.17, 15) is 9.59 Å². The third-order valence-electron chi connectivity index (χ3n) is 2.40. The number of aromatic nitrogens is 1. The van der Waals surface area contributed by atoms with Crippen molar-refractivity contribution in [1.29, 1.82) is 0 Å². The Hall–Kier alpha value is -1.71. The maximum Gasteiger partial charge on any atom is 0.316 e. The highest BCUT2D eigenvalue weighted by Gasteiger charge is 2.36. The number of esters is 1. The second-order valence-electron chi connectivity index (χ2n) is 3.18. The van der Waals surface area contributed by atoms with Gasteiger partial charge in [-0.15, -0.1) is 0 Å². The van der Waals surface area contributed by atoms with Gasteiger partial charge in [-0.05, 0) is 18.1 Å². The second-order valence-corrected chi connectivity index (χ2v) is 3.18. The molecule has 0 saturated carbocycles. The molecule has 1 heterocycles. The van der Waals surface area contributed by atoms with Gasteiger partial charge < -0.3 is 4.74 Å². The third-order valence-corrected chi connectivity index (χ3v) is 2.40. The second kappa shape index (κ2) is 3.21. The summed E-state index contributed by atoms with van der Waals surface area (Å²) in [6.07, 6.45) is 3.58. The van der Waals surface area contributed by atoms with Crippen molar-refractivity contribution in [3.8, 4) is 0 Å². The van der Waals surface area contributed by atoms with Crippen molar-refractivity contribution < 1.29 is 14.3 Å². The number of pyridine rings is 1. The molecule has 1 aliphatic carbocycles. The number of rotatable bonds is 1. The molecule has 0 N–H and O–H groups in total. The molecule has 14 heavy (non-hydrogen) atoms. The smallest absolute Gasteiger partial charge is 0.316 e. The van der Waals surface area contributed by atoms with Gasteiger partial charge in [0.05, 0.1) is 7.11 Å². The lowest BCUT2D eigenvalue weighted by molar-refractivity contribution is -0.143. The first-order chi connectivity index (χ1) is 6.74. The van der Waals surface area contributed by atoms with Crippen molar-refractivity contribution in [2.45, 2.75) is 6.42 Å². The van der Waals surface area contributed by atoms with Crippen LogP contribution in [0.1, 0.15) is 15.9 Å². The summed E-state index contributed by atoms with van der Waals surface area (Å²) in [5.41, 5.74) is 1.42. The number of nitrogens with zero attached hydrogens (tertiary/aromatic N) is 1.